The predicted molar refractivity (Wildman–Crippen MR) is 120 cm³/mol. The number of anilines is 1. The molecule has 1 saturated carbocycles. The van der Waals surface area contributed by atoms with E-state index in [2.05, 4.69) is 30.4 Å². The van der Waals surface area contributed by atoms with E-state index in [0.29, 0.717) is 30.2 Å². The van der Waals surface area contributed by atoms with Crippen molar-refractivity contribution in [3.63, 3.8) is 0 Å². The average Bonchev–Trinajstić information content (AvgIpc) is 3.33. The van der Waals surface area contributed by atoms with Crippen molar-refractivity contribution in [3.8, 4) is 11.6 Å². The monoisotopic (exact) mass is 528 g/mol. The highest BCUT2D eigenvalue weighted by molar-refractivity contribution is 6.38. The van der Waals surface area contributed by atoms with E-state index in [0.717, 1.165) is 12.1 Å². The summed E-state index contributed by atoms with van der Waals surface area (Å²) in [4.78, 5) is 32.3. The minimum atomic E-state index is -4.93. The summed E-state index contributed by atoms with van der Waals surface area (Å²) in [5.74, 6) is -0.968. The van der Waals surface area contributed by atoms with E-state index in [4.69, 9.17) is 23.2 Å². The summed E-state index contributed by atoms with van der Waals surface area (Å²) in [6.07, 6.45) is -1.02. The van der Waals surface area contributed by atoms with Crippen molar-refractivity contribution >= 4 is 40.7 Å². The van der Waals surface area contributed by atoms with Gasteiger partial charge in [-0.2, -0.15) is 9.78 Å². The number of carbonyl (C=O) groups is 2. The number of carbonyl (C=O) groups excluding carboxylic acids is 2. The molecule has 1 aliphatic carbocycles. The van der Waals surface area contributed by atoms with Crippen molar-refractivity contribution in [1.82, 2.24) is 25.1 Å². The number of alkyl halides is 4. The molecule has 9 nitrogen and oxygen atoms in total. The first kappa shape index (κ1) is 24.7. The summed E-state index contributed by atoms with van der Waals surface area (Å²) < 4.78 is 42.8. The Bertz CT molecular complexity index is 1260. The second-order valence-corrected chi connectivity index (χ2v) is 8.93. The van der Waals surface area contributed by atoms with E-state index in [1.165, 1.54) is 23.3 Å². The molecule has 1 aromatic carbocycles. The highest BCUT2D eigenvalue weighted by Gasteiger charge is 2.48. The van der Waals surface area contributed by atoms with Gasteiger partial charge in [0.2, 0.25) is 5.91 Å². The zero-order valence-corrected chi connectivity index (χ0v) is 19.4. The smallest absolute Gasteiger partial charge is 0.406 e. The first-order chi connectivity index (χ1) is 16.4. The third-order valence-electron chi connectivity index (χ3n) is 4.99. The molecule has 3 aromatic rings. The molecule has 2 heterocycles. The summed E-state index contributed by atoms with van der Waals surface area (Å²) in [6.45, 7) is 1.61. The molecule has 0 bridgehead atoms. The van der Waals surface area contributed by atoms with Gasteiger partial charge in [0.1, 0.15) is 17.0 Å². The van der Waals surface area contributed by atoms with Gasteiger partial charge in [-0.05, 0) is 50.1 Å². The fraction of sp³-hybridized carbons (Fsp3) is 0.286. The topological polar surface area (TPSA) is 111 Å². The molecule has 14 heteroatoms. The molecule has 0 radical (unpaired) electrons. The third kappa shape index (κ3) is 6.01. The van der Waals surface area contributed by atoms with Crippen molar-refractivity contribution in [2.75, 3.05) is 5.32 Å². The summed E-state index contributed by atoms with van der Waals surface area (Å²) in [5.41, 5.74) is 0.312. The van der Waals surface area contributed by atoms with Crippen molar-refractivity contribution in [2.24, 2.45) is 0 Å². The molecule has 2 aromatic heterocycles. The van der Waals surface area contributed by atoms with Gasteiger partial charge >= 0.3 is 6.36 Å². The van der Waals surface area contributed by atoms with Gasteiger partial charge in [-0.3, -0.25) is 9.59 Å². The lowest BCUT2D eigenvalue weighted by Gasteiger charge is -2.16. The van der Waals surface area contributed by atoms with Crippen LogP contribution in [0.3, 0.4) is 0 Å². The number of hydrogen-bond donors (Lipinski definition) is 2. The second-order valence-electron chi connectivity index (χ2n) is 7.77. The molecular weight excluding hydrogens is 512 g/mol. The lowest BCUT2D eigenvalue weighted by Crippen LogP contribution is -2.29. The molecule has 2 N–H and O–H groups in total. The zero-order valence-electron chi connectivity index (χ0n) is 17.9. The molecule has 0 aliphatic heterocycles. The summed E-state index contributed by atoms with van der Waals surface area (Å²) in [5, 5.41) is 9.33. The summed E-state index contributed by atoms with van der Waals surface area (Å²) in [6, 6.07) is 5.57. The molecule has 0 spiro atoms. The minimum Gasteiger partial charge on any atom is -0.406 e. The fourth-order valence-corrected chi connectivity index (χ4v) is 3.49. The van der Waals surface area contributed by atoms with E-state index in [1.807, 2.05) is 0 Å². The van der Waals surface area contributed by atoms with Crippen LogP contribution in [0.5, 0.6) is 5.75 Å². The number of aromatic nitrogens is 4. The van der Waals surface area contributed by atoms with Crippen molar-refractivity contribution in [3.05, 3.63) is 59.3 Å². The van der Waals surface area contributed by atoms with Crippen LogP contribution in [-0.4, -0.2) is 42.8 Å². The fourth-order valence-electron chi connectivity index (χ4n) is 3.12. The molecule has 4 rings (SSSR count). The van der Waals surface area contributed by atoms with Crippen LogP contribution in [0.4, 0.5) is 18.9 Å². The number of rotatable bonds is 7. The van der Waals surface area contributed by atoms with Gasteiger partial charge in [0.15, 0.2) is 11.6 Å². The van der Waals surface area contributed by atoms with Crippen LogP contribution >= 0.6 is 23.2 Å². The SMILES string of the molecule is C[C@H](NC(=O)c1cc(Cl)cc(OC(F)(F)F)c1)c1ncnn1-c1ccc(NC(=O)C2(Cl)CC2)cn1. The van der Waals surface area contributed by atoms with Crippen LogP contribution in [0.1, 0.15) is 42.0 Å². The molecular formula is C21H17Cl2F3N6O3. The third-order valence-corrected chi connectivity index (χ3v) is 5.76. The largest absolute Gasteiger partial charge is 0.573 e. The Labute approximate surface area is 206 Å². The number of nitrogens with one attached hydrogen (secondary N) is 2. The molecule has 1 aliphatic rings. The van der Waals surface area contributed by atoms with Gasteiger partial charge in [0.05, 0.1) is 17.9 Å². The standard InChI is InChI=1S/C21H17Cl2F3N6O3/c1-11(30-18(33)12-6-13(22)8-15(7-12)35-21(24,25)26)17-28-10-29-32(17)16-3-2-14(9-27-16)31-19(34)20(23)4-5-20/h2-3,6-11H,4-5H2,1H3,(H,30,33)(H,31,34)/t11-/m0/s1. The Balaban J connectivity index is 1.46. The van der Waals surface area contributed by atoms with E-state index in [1.54, 1.807) is 19.1 Å². The quantitative estimate of drug-likeness (QED) is 0.439. The van der Waals surface area contributed by atoms with E-state index in [-0.39, 0.29) is 16.5 Å². The van der Waals surface area contributed by atoms with Crippen LogP contribution in [0.15, 0.2) is 42.9 Å². The Morgan fingerprint density at radius 2 is 1.94 bits per heavy atom. The molecule has 1 atom stereocenters. The van der Waals surface area contributed by atoms with E-state index in [9.17, 15) is 22.8 Å². The van der Waals surface area contributed by atoms with Gasteiger partial charge in [-0.15, -0.1) is 24.8 Å². The maximum Gasteiger partial charge on any atom is 0.573 e. The van der Waals surface area contributed by atoms with Crippen LogP contribution in [0, 0.1) is 0 Å². The van der Waals surface area contributed by atoms with Gasteiger partial charge in [-0.25, -0.2) is 9.97 Å². The second kappa shape index (κ2) is 9.34. The van der Waals surface area contributed by atoms with Crippen molar-refractivity contribution in [1.29, 1.82) is 0 Å². The lowest BCUT2D eigenvalue weighted by atomic mass is 10.2. The number of halogens is 5. The first-order valence-corrected chi connectivity index (χ1v) is 10.9. The number of hydrogen-bond acceptors (Lipinski definition) is 6. The van der Waals surface area contributed by atoms with Crippen molar-refractivity contribution in [2.45, 2.75) is 37.0 Å². The van der Waals surface area contributed by atoms with Crippen LogP contribution < -0.4 is 15.4 Å². The number of ether oxygens (including phenoxy) is 1. The van der Waals surface area contributed by atoms with Crippen LogP contribution in [0.2, 0.25) is 5.02 Å². The number of amides is 2. The maximum atomic E-state index is 12.7. The number of benzene rings is 1. The normalized spacial score (nSPS) is 15.3. The van der Waals surface area contributed by atoms with Crippen LogP contribution in [-0.2, 0) is 4.79 Å². The maximum absolute atomic E-state index is 12.7. The number of pyridine rings is 1. The van der Waals surface area contributed by atoms with Gasteiger partial charge in [0, 0.05) is 10.6 Å². The van der Waals surface area contributed by atoms with Gasteiger partial charge in [-0.1, -0.05) is 11.6 Å². The van der Waals surface area contributed by atoms with Gasteiger partial charge in [0.25, 0.3) is 5.91 Å². The lowest BCUT2D eigenvalue weighted by molar-refractivity contribution is -0.274. The predicted octanol–water partition coefficient (Wildman–Crippen LogP) is 4.42. The average molecular weight is 529 g/mol. The zero-order chi connectivity index (χ0) is 25.4. The Morgan fingerprint density at radius 3 is 2.57 bits per heavy atom. The highest BCUT2D eigenvalue weighted by Crippen LogP contribution is 2.43. The minimum absolute atomic E-state index is 0.106. The molecule has 0 saturated heterocycles. The van der Waals surface area contributed by atoms with Crippen LogP contribution in [0.25, 0.3) is 5.82 Å². The summed E-state index contributed by atoms with van der Waals surface area (Å²) in [7, 11) is 0. The van der Waals surface area contributed by atoms with Crippen molar-refractivity contribution < 1.29 is 27.5 Å². The molecule has 35 heavy (non-hydrogen) atoms. The Kier molecular flexibility index (Phi) is 6.60. The highest BCUT2D eigenvalue weighted by atomic mass is 35.5. The Morgan fingerprint density at radius 1 is 1.20 bits per heavy atom. The van der Waals surface area contributed by atoms with E-state index >= 15 is 0 Å². The van der Waals surface area contributed by atoms with Gasteiger partial charge < -0.3 is 15.4 Å². The number of nitrogens with zero attached hydrogens (tertiary/aromatic N) is 4. The Hall–Kier alpha value is -3.38. The first-order valence-electron chi connectivity index (χ1n) is 10.2. The summed E-state index contributed by atoms with van der Waals surface area (Å²) >= 11 is 11.9. The molecule has 0 unspecified atom stereocenters. The molecule has 1 fully saturated rings. The molecule has 2 amide bonds. The molecule has 184 valence electrons. The van der Waals surface area contributed by atoms with E-state index < -0.39 is 28.9 Å².